The maximum Gasteiger partial charge on any atom is 0.137 e. The molecule has 1 aromatic heterocycles. The molecular formula is C16H26N2O. The molecule has 2 rings (SSSR count). The molecule has 0 spiro atoms. The van der Waals surface area contributed by atoms with Gasteiger partial charge in [0, 0.05) is 6.20 Å². The molecule has 0 aromatic carbocycles. The Labute approximate surface area is 116 Å². The lowest BCUT2D eigenvalue weighted by Crippen LogP contribution is -2.34. The van der Waals surface area contributed by atoms with Crippen molar-refractivity contribution in [3.05, 3.63) is 24.0 Å². The topological polar surface area (TPSA) is 34.2 Å². The second kappa shape index (κ2) is 7.49. The number of hydrogen-bond acceptors (Lipinski definition) is 3. The van der Waals surface area contributed by atoms with Crippen LogP contribution in [-0.2, 0) is 0 Å². The lowest BCUT2D eigenvalue weighted by molar-refractivity contribution is 0.244. The van der Waals surface area contributed by atoms with Crippen LogP contribution in [0.5, 0.6) is 5.75 Å². The number of aromatic nitrogens is 1. The Morgan fingerprint density at radius 2 is 2.16 bits per heavy atom. The third kappa shape index (κ3) is 3.93. The molecule has 1 saturated carbocycles. The lowest BCUT2D eigenvalue weighted by atomic mass is 9.70. The van der Waals surface area contributed by atoms with E-state index in [9.17, 15) is 0 Å². The van der Waals surface area contributed by atoms with Crippen molar-refractivity contribution in [1.82, 2.24) is 10.3 Å². The van der Waals surface area contributed by atoms with Gasteiger partial charge in [-0.05, 0) is 62.2 Å². The molecule has 0 amide bonds. The highest BCUT2D eigenvalue weighted by molar-refractivity contribution is 5.28. The maximum atomic E-state index is 5.67. The van der Waals surface area contributed by atoms with Gasteiger partial charge in [0.05, 0.1) is 12.8 Å². The van der Waals surface area contributed by atoms with Crippen LogP contribution in [0.1, 0.15) is 51.0 Å². The van der Waals surface area contributed by atoms with Gasteiger partial charge in [0.25, 0.3) is 0 Å². The standard InChI is InChI=1S/C16H26N2O/c1-3-7-17-10-13-5-6-16(13)14-9-15(12-18-11-14)19-8-4-2/h9,11-13,16-17H,3-8,10H2,1-2H3. The zero-order valence-electron chi connectivity index (χ0n) is 12.2. The van der Waals surface area contributed by atoms with E-state index in [-0.39, 0.29) is 0 Å². The quantitative estimate of drug-likeness (QED) is 0.729. The van der Waals surface area contributed by atoms with Crippen LogP contribution >= 0.6 is 0 Å². The molecule has 0 radical (unpaired) electrons. The molecule has 3 nitrogen and oxygen atoms in total. The number of ether oxygens (including phenoxy) is 1. The first-order valence-corrected chi connectivity index (χ1v) is 7.63. The molecule has 2 atom stereocenters. The zero-order valence-corrected chi connectivity index (χ0v) is 12.2. The normalized spacial score (nSPS) is 22.0. The van der Waals surface area contributed by atoms with Crippen LogP contribution in [0.2, 0.25) is 0 Å². The SMILES string of the molecule is CCCNCC1CCC1c1cncc(OCCC)c1. The molecule has 19 heavy (non-hydrogen) atoms. The molecule has 1 N–H and O–H groups in total. The first-order chi connectivity index (χ1) is 9.35. The van der Waals surface area contributed by atoms with Crippen molar-refractivity contribution in [2.75, 3.05) is 19.7 Å². The van der Waals surface area contributed by atoms with Gasteiger partial charge in [-0.25, -0.2) is 0 Å². The number of pyridine rings is 1. The van der Waals surface area contributed by atoms with Crippen LogP contribution in [0, 0.1) is 5.92 Å². The Morgan fingerprint density at radius 3 is 2.84 bits per heavy atom. The molecule has 0 saturated heterocycles. The number of rotatable bonds is 8. The maximum absolute atomic E-state index is 5.67. The van der Waals surface area contributed by atoms with Crippen molar-refractivity contribution in [1.29, 1.82) is 0 Å². The van der Waals surface area contributed by atoms with E-state index in [1.54, 1.807) is 0 Å². The summed E-state index contributed by atoms with van der Waals surface area (Å²) in [5, 5.41) is 3.53. The van der Waals surface area contributed by atoms with Crippen LogP contribution < -0.4 is 10.1 Å². The van der Waals surface area contributed by atoms with Crippen molar-refractivity contribution in [3.8, 4) is 5.75 Å². The third-order valence-corrected chi connectivity index (χ3v) is 3.89. The first-order valence-electron chi connectivity index (χ1n) is 7.63. The third-order valence-electron chi connectivity index (χ3n) is 3.89. The lowest BCUT2D eigenvalue weighted by Gasteiger charge is -2.37. The Hall–Kier alpha value is -1.09. The van der Waals surface area contributed by atoms with E-state index in [4.69, 9.17) is 4.74 Å². The zero-order chi connectivity index (χ0) is 13.5. The van der Waals surface area contributed by atoms with E-state index in [1.807, 2.05) is 12.4 Å². The number of nitrogens with zero attached hydrogens (tertiary/aromatic N) is 1. The highest BCUT2D eigenvalue weighted by Gasteiger charge is 2.31. The van der Waals surface area contributed by atoms with Crippen molar-refractivity contribution in [2.45, 2.75) is 45.4 Å². The first kappa shape index (κ1) is 14.3. The van der Waals surface area contributed by atoms with Gasteiger partial charge in [-0.2, -0.15) is 0 Å². The second-order valence-corrected chi connectivity index (χ2v) is 5.45. The highest BCUT2D eigenvalue weighted by Crippen LogP contribution is 2.42. The van der Waals surface area contributed by atoms with Gasteiger partial charge in [-0.3, -0.25) is 4.98 Å². The Balaban J connectivity index is 1.90. The molecule has 1 aromatic rings. The molecule has 3 heteroatoms. The van der Waals surface area contributed by atoms with Crippen molar-refractivity contribution >= 4 is 0 Å². The molecule has 1 heterocycles. The van der Waals surface area contributed by atoms with Gasteiger partial charge in [0.2, 0.25) is 0 Å². The van der Waals surface area contributed by atoms with Crippen molar-refractivity contribution < 1.29 is 4.74 Å². The van der Waals surface area contributed by atoms with E-state index in [2.05, 4.69) is 30.2 Å². The van der Waals surface area contributed by atoms with Gasteiger partial charge in [0.1, 0.15) is 5.75 Å². The van der Waals surface area contributed by atoms with Gasteiger partial charge >= 0.3 is 0 Å². The fraction of sp³-hybridized carbons (Fsp3) is 0.688. The van der Waals surface area contributed by atoms with Crippen LogP contribution in [0.3, 0.4) is 0 Å². The van der Waals surface area contributed by atoms with E-state index in [1.165, 1.54) is 24.8 Å². The predicted octanol–water partition coefficient (Wildman–Crippen LogP) is 3.36. The molecule has 106 valence electrons. The van der Waals surface area contributed by atoms with Crippen LogP contribution in [0.25, 0.3) is 0 Å². The van der Waals surface area contributed by atoms with E-state index in [0.717, 1.165) is 37.8 Å². The summed E-state index contributed by atoms with van der Waals surface area (Å²) in [6.45, 7) is 7.37. The number of hydrogen-bond donors (Lipinski definition) is 1. The minimum Gasteiger partial charge on any atom is -0.492 e. The van der Waals surface area contributed by atoms with Crippen molar-refractivity contribution in [2.24, 2.45) is 5.92 Å². The van der Waals surface area contributed by atoms with E-state index in [0.29, 0.717) is 5.92 Å². The van der Waals surface area contributed by atoms with Gasteiger partial charge in [0.15, 0.2) is 0 Å². The van der Waals surface area contributed by atoms with Gasteiger partial charge < -0.3 is 10.1 Å². The molecular weight excluding hydrogens is 236 g/mol. The van der Waals surface area contributed by atoms with E-state index >= 15 is 0 Å². The summed E-state index contributed by atoms with van der Waals surface area (Å²) in [5.74, 6) is 2.36. The molecule has 1 aliphatic rings. The predicted molar refractivity (Wildman–Crippen MR) is 78.6 cm³/mol. The van der Waals surface area contributed by atoms with Crippen LogP contribution in [0.15, 0.2) is 18.5 Å². The smallest absolute Gasteiger partial charge is 0.137 e. The summed E-state index contributed by atoms with van der Waals surface area (Å²) >= 11 is 0. The summed E-state index contributed by atoms with van der Waals surface area (Å²) in [6, 6.07) is 2.18. The van der Waals surface area contributed by atoms with Crippen molar-refractivity contribution in [3.63, 3.8) is 0 Å². The summed E-state index contributed by atoms with van der Waals surface area (Å²) in [5.41, 5.74) is 1.35. The number of nitrogens with one attached hydrogen (secondary N) is 1. The fourth-order valence-corrected chi connectivity index (χ4v) is 2.65. The largest absolute Gasteiger partial charge is 0.492 e. The average molecular weight is 262 g/mol. The Morgan fingerprint density at radius 1 is 1.26 bits per heavy atom. The summed E-state index contributed by atoms with van der Waals surface area (Å²) < 4.78 is 5.67. The minimum absolute atomic E-state index is 0.669. The summed E-state index contributed by atoms with van der Waals surface area (Å²) in [6.07, 6.45) is 8.70. The fourth-order valence-electron chi connectivity index (χ4n) is 2.65. The summed E-state index contributed by atoms with van der Waals surface area (Å²) in [7, 11) is 0. The van der Waals surface area contributed by atoms with Gasteiger partial charge in [-0.15, -0.1) is 0 Å². The second-order valence-electron chi connectivity index (χ2n) is 5.45. The summed E-state index contributed by atoms with van der Waals surface area (Å²) in [4.78, 5) is 4.33. The Kier molecular flexibility index (Phi) is 5.64. The van der Waals surface area contributed by atoms with Crippen LogP contribution in [-0.4, -0.2) is 24.7 Å². The van der Waals surface area contributed by atoms with Crippen LogP contribution in [0.4, 0.5) is 0 Å². The molecule has 1 fully saturated rings. The molecule has 2 unspecified atom stereocenters. The monoisotopic (exact) mass is 262 g/mol. The molecule has 1 aliphatic carbocycles. The molecule has 0 aliphatic heterocycles. The van der Waals surface area contributed by atoms with E-state index < -0.39 is 0 Å². The minimum atomic E-state index is 0.669. The highest BCUT2D eigenvalue weighted by atomic mass is 16.5. The average Bonchev–Trinajstić information content (AvgIpc) is 2.40. The molecule has 0 bridgehead atoms. The Bertz CT molecular complexity index is 381. The van der Waals surface area contributed by atoms with Gasteiger partial charge in [-0.1, -0.05) is 13.8 Å².